The number of nitrogens with zero attached hydrogens (tertiary/aromatic N) is 2. The number of aromatic nitrogens is 1. The van der Waals surface area contributed by atoms with Gasteiger partial charge < -0.3 is 5.32 Å². The number of likely N-dealkylation sites (tertiary alicyclic amines) is 1. The molecule has 0 amide bonds. The van der Waals surface area contributed by atoms with Crippen LogP contribution in [0.15, 0.2) is 24.5 Å². The summed E-state index contributed by atoms with van der Waals surface area (Å²) in [6, 6.07) is 4.75. The van der Waals surface area contributed by atoms with Crippen molar-refractivity contribution < 1.29 is 0 Å². The van der Waals surface area contributed by atoms with E-state index in [9.17, 15) is 0 Å². The molecule has 0 radical (unpaired) electrons. The standard InChI is InChI=1S/C13H21N3/c1-12(16-7-2-3-8-16)9-15-11-13-5-4-6-14-10-13/h4-6,10,12,15H,2-3,7-9,11H2,1H3. The van der Waals surface area contributed by atoms with Crippen LogP contribution in [0.5, 0.6) is 0 Å². The molecule has 1 aromatic rings. The first-order valence-corrected chi connectivity index (χ1v) is 6.20. The lowest BCUT2D eigenvalue weighted by Gasteiger charge is -2.23. The van der Waals surface area contributed by atoms with Crippen LogP contribution in [-0.2, 0) is 6.54 Å². The maximum atomic E-state index is 4.11. The predicted octanol–water partition coefficient (Wildman–Crippen LogP) is 1.66. The third-order valence-corrected chi connectivity index (χ3v) is 3.26. The number of nitrogens with one attached hydrogen (secondary N) is 1. The Labute approximate surface area is 97.9 Å². The summed E-state index contributed by atoms with van der Waals surface area (Å²) in [5, 5.41) is 3.50. The van der Waals surface area contributed by atoms with Gasteiger partial charge in [0.25, 0.3) is 0 Å². The molecule has 1 unspecified atom stereocenters. The lowest BCUT2D eigenvalue weighted by molar-refractivity contribution is 0.251. The van der Waals surface area contributed by atoms with Gasteiger partial charge in [-0.05, 0) is 44.5 Å². The van der Waals surface area contributed by atoms with Gasteiger partial charge in [-0.2, -0.15) is 0 Å². The zero-order valence-electron chi connectivity index (χ0n) is 10.0. The van der Waals surface area contributed by atoms with Gasteiger partial charge in [-0.25, -0.2) is 0 Å². The number of rotatable bonds is 5. The van der Waals surface area contributed by atoms with Crippen molar-refractivity contribution in [1.29, 1.82) is 0 Å². The summed E-state index contributed by atoms with van der Waals surface area (Å²) in [6.45, 7) is 6.84. The van der Waals surface area contributed by atoms with E-state index in [1.54, 1.807) is 0 Å². The average molecular weight is 219 g/mol. The van der Waals surface area contributed by atoms with E-state index in [2.05, 4.69) is 28.2 Å². The third kappa shape index (κ3) is 3.29. The van der Waals surface area contributed by atoms with E-state index in [0.717, 1.165) is 13.1 Å². The van der Waals surface area contributed by atoms with Gasteiger partial charge in [-0.3, -0.25) is 9.88 Å². The lowest BCUT2D eigenvalue weighted by Crippen LogP contribution is -2.38. The molecule has 1 aliphatic rings. The first kappa shape index (κ1) is 11.6. The molecule has 16 heavy (non-hydrogen) atoms. The van der Waals surface area contributed by atoms with E-state index < -0.39 is 0 Å². The van der Waals surface area contributed by atoms with E-state index in [1.807, 2.05) is 18.5 Å². The third-order valence-electron chi connectivity index (χ3n) is 3.26. The molecule has 1 aliphatic heterocycles. The van der Waals surface area contributed by atoms with Crippen molar-refractivity contribution in [3.05, 3.63) is 30.1 Å². The van der Waals surface area contributed by atoms with Gasteiger partial charge in [-0.1, -0.05) is 6.07 Å². The zero-order valence-corrected chi connectivity index (χ0v) is 10.0. The highest BCUT2D eigenvalue weighted by Gasteiger charge is 2.17. The minimum atomic E-state index is 0.652. The van der Waals surface area contributed by atoms with Crippen molar-refractivity contribution in [2.75, 3.05) is 19.6 Å². The second-order valence-electron chi connectivity index (χ2n) is 4.58. The molecule has 1 atom stereocenters. The minimum Gasteiger partial charge on any atom is -0.311 e. The highest BCUT2D eigenvalue weighted by atomic mass is 15.2. The molecule has 0 aromatic carbocycles. The maximum Gasteiger partial charge on any atom is 0.0312 e. The van der Waals surface area contributed by atoms with Gasteiger partial charge in [0.05, 0.1) is 0 Å². The molecule has 0 saturated carbocycles. The maximum absolute atomic E-state index is 4.11. The van der Waals surface area contributed by atoms with Crippen molar-refractivity contribution in [1.82, 2.24) is 15.2 Å². The van der Waals surface area contributed by atoms with Gasteiger partial charge >= 0.3 is 0 Å². The van der Waals surface area contributed by atoms with Crippen molar-refractivity contribution in [3.63, 3.8) is 0 Å². The van der Waals surface area contributed by atoms with Crippen LogP contribution in [0.4, 0.5) is 0 Å². The van der Waals surface area contributed by atoms with Crippen LogP contribution >= 0.6 is 0 Å². The first-order chi connectivity index (χ1) is 7.86. The first-order valence-electron chi connectivity index (χ1n) is 6.20. The smallest absolute Gasteiger partial charge is 0.0312 e. The summed E-state index contributed by atoms with van der Waals surface area (Å²) in [7, 11) is 0. The van der Waals surface area contributed by atoms with Crippen LogP contribution < -0.4 is 5.32 Å². The van der Waals surface area contributed by atoms with E-state index in [4.69, 9.17) is 0 Å². The van der Waals surface area contributed by atoms with Gasteiger partial charge in [0.15, 0.2) is 0 Å². The monoisotopic (exact) mass is 219 g/mol. The fourth-order valence-electron chi connectivity index (χ4n) is 2.24. The van der Waals surface area contributed by atoms with E-state index in [0.29, 0.717) is 6.04 Å². The van der Waals surface area contributed by atoms with Gasteiger partial charge in [-0.15, -0.1) is 0 Å². The van der Waals surface area contributed by atoms with Crippen LogP contribution in [0.1, 0.15) is 25.3 Å². The van der Waals surface area contributed by atoms with E-state index >= 15 is 0 Å². The Bertz CT molecular complexity index is 293. The van der Waals surface area contributed by atoms with Crippen LogP contribution in [0.2, 0.25) is 0 Å². The van der Waals surface area contributed by atoms with Crippen molar-refractivity contribution >= 4 is 0 Å². The average Bonchev–Trinajstić information content (AvgIpc) is 2.84. The molecular weight excluding hydrogens is 198 g/mol. The molecule has 88 valence electrons. The van der Waals surface area contributed by atoms with E-state index in [1.165, 1.54) is 31.5 Å². The highest BCUT2D eigenvalue weighted by Crippen LogP contribution is 2.10. The minimum absolute atomic E-state index is 0.652. The molecule has 3 nitrogen and oxygen atoms in total. The summed E-state index contributed by atoms with van der Waals surface area (Å²) in [5.41, 5.74) is 1.26. The Balaban J connectivity index is 1.67. The molecule has 1 aromatic heterocycles. The van der Waals surface area contributed by atoms with Crippen LogP contribution in [0, 0.1) is 0 Å². The molecule has 0 spiro atoms. The number of hydrogen-bond donors (Lipinski definition) is 1. The predicted molar refractivity (Wildman–Crippen MR) is 66.2 cm³/mol. The molecule has 2 heterocycles. The topological polar surface area (TPSA) is 28.2 Å². The van der Waals surface area contributed by atoms with Crippen molar-refractivity contribution in [3.8, 4) is 0 Å². The molecule has 2 rings (SSSR count). The SMILES string of the molecule is CC(CNCc1cccnc1)N1CCCC1. The van der Waals surface area contributed by atoms with E-state index in [-0.39, 0.29) is 0 Å². The Morgan fingerprint density at radius 3 is 2.94 bits per heavy atom. The molecule has 1 saturated heterocycles. The second-order valence-corrected chi connectivity index (χ2v) is 4.58. The number of hydrogen-bond acceptors (Lipinski definition) is 3. The molecule has 0 aliphatic carbocycles. The Hall–Kier alpha value is -0.930. The normalized spacial score (nSPS) is 18.8. The molecule has 1 fully saturated rings. The number of pyridine rings is 1. The second kappa shape index (κ2) is 5.97. The summed E-state index contributed by atoms with van der Waals surface area (Å²) < 4.78 is 0. The summed E-state index contributed by atoms with van der Waals surface area (Å²) in [6.07, 6.45) is 6.48. The Kier molecular flexibility index (Phi) is 4.31. The molecular formula is C13H21N3. The fourth-order valence-corrected chi connectivity index (χ4v) is 2.24. The van der Waals surface area contributed by atoms with Crippen LogP contribution in [-0.4, -0.2) is 35.6 Å². The largest absolute Gasteiger partial charge is 0.311 e. The fraction of sp³-hybridized carbons (Fsp3) is 0.615. The zero-order chi connectivity index (χ0) is 11.2. The Morgan fingerprint density at radius 2 is 2.25 bits per heavy atom. The molecule has 0 bridgehead atoms. The van der Waals surface area contributed by atoms with Crippen LogP contribution in [0.3, 0.4) is 0 Å². The highest BCUT2D eigenvalue weighted by molar-refractivity contribution is 5.07. The van der Waals surface area contributed by atoms with Crippen LogP contribution in [0.25, 0.3) is 0 Å². The van der Waals surface area contributed by atoms with Crippen molar-refractivity contribution in [2.45, 2.75) is 32.4 Å². The summed E-state index contributed by atoms with van der Waals surface area (Å²) in [5.74, 6) is 0. The Morgan fingerprint density at radius 1 is 1.44 bits per heavy atom. The van der Waals surface area contributed by atoms with Crippen molar-refractivity contribution in [2.24, 2.45) is 0 Å². The molecule has 3 heteroatoms. The van der Waals surface area contributed by atoms with Gasteiger partial charge in [0.2, 0.25) is 0 Å². The summed E-state index contributed by atoms with van der Waals surface area (Å²) >= 11 is 0. The van der Waals surface area contributed by atoms with Gasteiger partial charge in [0, 0.05) is 31.5 Å². The van der Waals surface area contributed by atoms with Gasteiger partial charge in [0.1, 0.15) is 0 Å². The quantitative estimate of drug-likeness (QED) is 0.816. The lowest BCUT2D eigenvalue weighted by atomic mass is 10.2. The summed E-state index contributed by atoms with van der Waals surface area (Å²) in [4.78, 5) is 6.68. The molecule has 1 N–H and O–H groups in total.